The van der Waals surface area contributed by atoms with Gasteiger partial charge in [-0.15, -0.1) is 11.8 Å². The minimum absolute atomic E-state index is 0.0986. The van der Waals surface area contributed by atoms with Gasteiger partial charge in [0.15, 0.2) is 0 Å². The van der Waals surface area contributed by atoms with E-state index in [-0.39, 0.29) is 22.7 Å². The second-order valence-electron chi connectivity index (χ2n) is 7.26. The number of carbonyl (C=O) groups excluding carboxylic acids is 2. The normalized spacial score (nSPS) is 28.2. The summed E-state index contributed by atoms with van der Waals surface area (Å²) in [5.41, 5.74) is 2.44. The van der Waals surface area contributed by atoms with Crippen LogP contribution in [0.2, 0.25) is 0 Å². The Morgan fingerprint density at radius 1 is 1.27 bits per heavy atom. The molecular weight excluding hydrogens is 348 g/mol. The van der Waals surface area contributed by atoms with Crippen LogP contribution in [0.15, 0.2) is 30.3 Å². The summed E-state index contributed by atoms with van der Waals surface area (Å²) in [6.07, 6.45) is 4.38. The molecule has 26 heavy (non-hydrogen) atoms. The van der Waals surface area contributed by atoms with E-state index in [1.165, 1.54) is 11.1 Å². The molecule has 2 saturated heterocycles. The van der Waals surface area contributed by atoms with Gasteiger partial charge in [-0.3, -0.25) is 9.59 Å². The lowest BCUT2D eigenvalue weighted by Crippen LogP contribution is -2.52. The molecule has 2 atom stereocenters. The first kappa shape index (κ1) is 17.5. The van der Waals surface area contributed by atoms with E-state index in [0.717, 1.165) is 18.6 Å². The molecule has 4 rings (SSSR count). The van der Waals surface area contributed by atoms with Gasteiger partial charge in [0, 0.05) is 25.3 Å². The molecule has 6 heteroatoms. The van der Waals surface area contributed by atoms with Gasteiger partial charge in [0.1, 0.15) is 11.8 Å². The maximum absolute atomic E-state index is 13.0. The van der Waals surface area contributed by atoms with Crippen molar-refractivity contribution in [2.75, 3.05) is 26.0 Å². The van der Waals surface area contributed by atoms with Crippen molar-refractivity contribution in [3.05, 3.63) is 35.9 Å². The maximum Gasteiger partial charge on any atom is 0.246 e. The van der Waals surface area contributed by atoms with E-state index in [0.29, 0.717) is 25.3 Å². The zero-order valence-corrected chi connectivity index (χ0v) is 16.1. The Balaban J connectivity index is 1.45. The zero-order valence-electron chi connectivity index (χ0n) is 15.2. The van der Waals surface area contributed by atoms with E-state index in [9.17, 15) is 9.59 Å². The number of fused-ring (bicyclic) bond motifs is 1. The van der Waals surface area contributed by atoms with Crippen LogP contribution in [0.4, 0.5) is 0 Å². The van der Waals surface area contributed by atoms with Gasteiger partial charge in [0.2, 0.25) is 11.8 Å². The third-order valence-corrected chi connectivity index (χ3v) is 7.22. The average Bonchev–Trinajstić information content (AvgIpc) is 3.17. The number of hydrogen-bond donors (Lipinski definition) is 0. The van der Waals surface area contributed by atoms with E-state index in [1.54, 1.807) is 18.9 Å². The van der Waals surface area contributed by atoms with Gasteiger partial charge in [0.25, 0.3) is 0 Å². The highest BCUT2D eigenvalue weighted by Gasteiger charge is 2.53. The third-order valence-electron chi connectivity index (χ3n) is 5.71. The van der Waals surface area contributed by atoms with Crippen LogP contribution in [0.25, 0.3) is 5.57 Å². The van der Waals surface area contributed by atoms with Crippen molar-refractivity contribution < 1.29 is 14.3 Å². The van der Waals surface area contributed by atoms with Crippen molar-refractivity contribution in [1.82, 2.24) is 9.80 Å². The lowest BCUT2D eigenvalue weighted by atomic mass is 9.99. The summed E-state index contributed by atoms with van der Waals surface area (Å²) >= 11 is 1.75. The molecule has 1 aromatic rings. The maximum atomic E-state index is 13.0. The fraction of sp³-hybridized carbons (Fsp3) is 0.500. The molecule has 3 aliphatic heterocycles. The van der Waals surface area contributed by atoms with E-state index >= 15 is 0 Å². The van der Waals surface area contributed by atoms with Crippen LogP contribution < -0.4 is 4.74 Å². The first-order valence-electron chi connectivity index (χ1n) is 9.10. The standard InChI is InChI=1S/C20H24N2O3S/c1-20-10-7-18(23)22(20)17(13-26-20)19(24)21-11-8-15(9-12-21)14-3-5-16(25-2)6-4-14/h3-6,8,17H,7,9-13H2,1-2H3/t17-,20-/m1/s1. The Bertz CT molecular complexity index is 761. The van der Waals surface area contributed by atoms with E-state index < -0.39 is 0 Å². The fourth-order valence-corrected chi connectivity index (χ4v) is 5.57. The van der Waals surface area contributed by atoms with Crippen LogP contribution in [-0.4, -0.2) is 58.5 Å². The lowest BCUT2D eigenvalue weighted by molar-refractivity contribution is -0.143. The molecule has 0 saturated carbocycles. The first-order chi connectivity index (χ1) is 12.5. The van der Waals surface area contributed by atoms with Crippen LogP contribution >= 0.6 is 11.8 Å². The van der Waals surface area contributed by atoms with Crippen molar-refractivity contribution in [2.45, 2.75) is 37.1 Å². The van der Waals surface area contributed by atoms with E-state index in [1.807, 2.05) is 21.9 Å². The zero-order chi connectivity index (χ0) is 18.3. The summed E-state index contributed by atoms with van der Waals surface area (Å²) in [6.45, 7) is 3.41. The second kappa shape index (κ2) is 6.65. The monoisotopic (exact) mass is 372 g/mol. The van der Waals surface area contributed by atoms with Crippen molar-refractivity contribution >= 4 is 29.1 Å². The van der Waals surface area contributed by atoms with Crippen LogP contribution in [0.3, 0.4) is 0 Å². The highest BCUT2D eigenvalue weighted by molar-refractivity contribution is 8.01. The number of methoxy groups -OCH3 is 1. The largest absolute Gasteiger partial charge is 0.497 e. The average molecular weight is 372 g/mol. The molecule has 0 radical (unpaired) electrons. The molecule has 138 valence electrons. The Morgan fingerprint density at radius 2 is 2.04 bits per heavy atom. The highest BCUT2D eigenvalue weighted by atomic mass is 32.2. The molecule has 3 heterocycles. The summed E-state index contributed by atoms with van der Waals surface area (Å²) < 4.78 is 5.21. The molecule has 0 aliphatic carbocycles. The predicted molar refractivity (Wildman–Crippen MR) is 103 cm³/mol. The number of nitrogens with zero attached hydrogens (tertiary/aromatic N) is 2. The van der Waals surface area contributed by atoms with Gasteiger partial charge in [-0.25, -0.2) is 0 Å². The molecule has 0 bridgehead atoms. The topological polar surface area (TPSA) is 49.9 Å². The summed E-state index contributed by atoms with van der Waals surface area (Å²) in [5, 5.41) is 0. The number of rotatable bonds is 3. The molecule has 5 nitrogen and oxygen atoms in total. The van der Waals surface area contributed by atoms with E-state index in [4.69, 9.17) is 4.74 Å². The number of benzene rings is 1. The predicted octanol–water partition coefficient (Wildman–Crippen LogP) is 2.76. The molecule has 2 amide bonds. The van der Waals surface area contributed by atoms with Crippen molar-refractivity contribution in [1.29, 1.82) is 0 Å². The van der Waals surface area contributed by atoms with Crippen LogP contribution in [-0.2, 0) is 9.59 Å². The van der Waals surface area contributed by atoms with Gasteiger partial charge in [0.05, 0.1) is 12.0 Å². The van der Waals surface area contributed by atoms with Crippen LogP contribution in [0.5, 0.6) is 5.75 Å². The molecule has 3 aliphatic rings. The molecule has 1 aromatic carbocycles. The third kappa shape index (κ3) is 2.90. The minimum atomic E-state index is -0.295. The highest BCUT2D eigenvalue weighted by Crippen LogP contribution is 2.47. The SMILES string of the molecule is COc1ccc(C2=CCN(C(=O)[C@H]3CS[C@]4(C)CCC(=O)N34)CC2)cc1. The van der Waals surface area contributed by atoms with E-state index in [2.05, 4.69) is 25.1 Å². The molecule has 0 spiro atoms. The Kier molecular flexibility index (Phi) is 4.47. The second-order valence-corrected chi connectivity index (χ2v) is 8.76. The summed E-state index contributed by atoms with van der Waals surface area (Å²) in [7, 11) is 1.66. The van der Waals surface area contributed by atoms with Gasteiger partial charge in [-0.2, -0.15) is 0 Å². The van der Waals surface area contributed by atoms with Gasteiger partial charge >= 0.3 is 0 Å². The Morgan fingerprint density at radius 3 is 2.69 bits per heavy atom. The number of thioether (sulfide) groups is 1. The number of carbonyl (C=O) groups is 2. The van der Waals surface area contributed by atoms with Crippen molar-refractivity contribution in [3.63, 3.8) is 0 Å². The Hall–Kier alpha value is -1.95. The molecule has 0 unspecified atom stereocenters. The number of ether oxygens (including phenoxy) is 1. The van der Waals surface area contributed by atoms with Crippen molar-refractivity contribution in [3.8, 4) is 5.75 Å². The van der Waals surface area contributed by atoms with Gasteiger partial charge in [-0.05, 0) is 43.0 Å². The Labute approximate surface area is 158 Å². The summed E-state index contributed by atoms with van der Waals surface area (Å²) in [4.78, 5) is 28.9. The fourth-order valence-electron chi connectivity index (χ4n) is 4.15. The lowest BCUT2D eigenvalue weighted by Gasteiger charge is -2.34. The minimum Gasteiger partial charge on any atom is -0.497 e. The smallest absolute Gasteiger partial charge is 0.246 e. The molecule has 0 N–H and O–H groups in total. The molecular formula is C20H24N2O3S. The van der Waals surface area contributed by atoms with Gasteiger partial charge < -0.3 is 14.5 Å². The first-order valence-corrected chi connectivity index (χ1v) is 10.1. The van der Waals surface area contributed by atoms with Crippen LogP contribution in [0, 0.1) is 0 Å². The quantitative estimate of drug-likeness (QED) is 0.819. The number of hydrogen-bond acceptors (Lipinski definition) is 4. The van der Waals surface area contributed by atoms with Crippen molar-refractivity contribution in [2.24, 2.45) is 0 Å². The molecule has 0 aromatic heterocycles. The van der Waals surface area contributed by atoms with Crippen LogP contribution in [0.1, 0.15) is 31.7 Å². The number of amides is 2. The molecule has 2 fully saturated rings. The summed E-state index contributed by atoms with van der Waals surface area (Å²) in [6, 6.07) is 7.75. The van der Waals surface area contributed by atoms with Gasteiger partial charge in [-0.1, -0.05) is 18.2 Å². The summed E-state index contributed by atoms with van der Waals surface area (Å²) in [5.74, 6) is 1.79.